The number of halogens is 1. The van der Waals surface area contributed by atoms with Crippen LogP contribution in [0.5, 0.6) is 5.75 Å². The molecular formula is C14H16BrN3O3. The van der Waals surface area contributed by atoms with E-state index in [-0.39, 0.29) is 25.1 Å². The van der Waals surface area contributed by atoms with Gasteiger partial charge in [-0.25, -0.2) is 4.79 Å². The van der Waals surface area contributed by atoms with Crippen molar-refractivity contribution in [3.8, 4) is 5.75 Å². The predicted octanol–water partition coefficient (Wildman–Crippen LogP) is 1.11. The summed E-state index contributed by atoms with van der Waals surface area (Å²) in [6.07, 6.45) is 0.639. The van der Waals surface area contributed by atoms with Gasteiger partial charge in [-0.3, -0.25) is 9.69 Å². The van der Waals surface area contributed by atoms with Crippen LogP contribution in [0.4, 0.5) is 4.79 Å². The lowest BCUT2D eigenvalue weighted by Crippen LogP contribution is -2.48. The fourth-order valence-electron chi connectivity index (χ4n) is 2.67. The summed E-state index contributed by atoms with van der Waals surface area (Å²) in [5.41, 5.74) is -0.743. The Morgan fingerprint density at radius 1 is 1.38 bits per heavy atom. The molecule has 7 heteroatoms. The highest BCUT2D eigenvalue weighted by Crippen LogP contribution is 2.24. The zero-order chi connectivity index (χ0) is 14.9. The second-order valence-corrected chi connectivity index (χ2v) is 6.12. The molecule has 0 aromatic heterocycles. The zero-order valence-electron chi connectivity index (χ0n) is 11.4. The highest BCUT2D eigenvalue weighted by atomic mass is 79.9. The summed E-state index contributed by atoms with van der Waals surface area (Å²) in [4.78, 5) is 25.6. The highest BCUT2D eigenvalue weighted by Gasteiger charge is 2.52. The van der Waals surface area contributed by atoms with E-state index in [0.717, 1.165) is 11.0 Å². The smallest absolute Gasteiger partial charge is 0.325 e. The first-order chi connectivity index (χ1) is 10.1. The van der Waals surface area contributed by atoms with Crippen LogP contribution in [0, 0.1) is 0 Å². The van der Waals surface area contributed by atoms with Crippen LogP contribution >= 0.6 is 15.9 Å². The molecule has 1 unspecified atom stereocenters. The molecule has 2 aliphatic heterocycles. The normalized spacial score (nSPS) is 24.7. The van der Waals surface area contributed by atoms with Gasteiger partial charge < -0.3 is 15.4 Å². The Morgan fingerprint density at radius 2 is 2.24 bits per heavy atom. The summed E-state index contributed by atoms with van der Waals surface area (Å²) in [5.74, 6) is 0.545. The summed E-state index contributed by atoms with van der Waals surface area (Å²) in [6, 6.07) is 7.11. The van der Waals surface area contributed by atoms with E-state index in [4.69, 9.17) is 4.74 Å². The number of hydrogen-bond donors (Lipinski definition) is 2. The molecule has 2 fully saturated rings. The van der Waals surface area contributed by atoms with E-state index >= 15 is 0 Å². The van der Waals surface area contributed by atoms with Crippen LogP contribution in [-0.4, -0.2) is 48.6 Å². The van der Waals surface area contributed by atoms with Crippen LogP contribution < -0.4 is 15.4 Å². The first-order valence-corrected chi connectivity index (χ1v) is 7.63. The average molecular weight is 354 g/mol. The first-order valence-electron chi connectivity index (χ1n) is 6.84. The minimum atomic E-state index is -0.743. The molecule has 2 saturated heterocycles. The Balaban J connectivity index is 1.58. The van der Waals surface area contributed by atoms with Crippen LogP contribution in [0.3, 0.4) is 0 Å². The number of ether oxygens (including phenoxy) is 1. The van der Waals surface area contributed by atoms with Gasteiger partial charge in [0.15, 0.2) is 0 Å². The lowest BCUT2D eigenvalue weighted by Gasteiger charge is -2.19. The molecule has 2 aliphatic rings. The monoisotopic (exact) mass is 353 g/mol. The van der Waals surface area contributed by atoms with Gasteiger partial charge in [-0.05, 0) is 31.2 Å². The number of nitrogens with one attached hydrogen (secondary N) is 2. The lowest BCUT2D eigenvalue weighted by atomic mass is 9.99. The van der Waals surface area contributed by atoms with Gasteiger partial charge in [0.1, 0.15) is 17.9 Å². The SMILES string of the molecule is O=C1NC2(CCNC2)C(=O)N1CCOc1cccc(Br)c1. The molecule has 1 aromatic carbocycles. The Kier molecular flexibility index (Phi) is 3.86. The van der Waals surface area contributed by atoms with Crippen molar-refractivity contribution in [2.75, 3.05) is 26.2 Å². The van der Waals surface area contributed by atoms with E-state index in [2.05, 4.69) is 26.6 Å². The molecule has 21 heavy (non-hydrogen) atoms. The van der Waals surface area contributed by atoms with Gasteiger partial charge in [0, 0.05) is 11.0 Å². The van der Waals surface area contributed by atoms with Crippen molar-refractivity contribution >= 4 is 27.9 Å². The van der Waals surface area contributed by atoms with E-state index in [0.29, 0.717) is 18.7 Å². The largest absolute Gasteiger partial charge is 0.492 e. The van der Waals surface area contributed by atoms with Gasteiger partial charge in [0.25, 0.3) is 5.91 Å². The zero-order valence-corrected chi connectivity index (χ0v) is 13.0. The summed E-state index contributed by atoms with van der Waals surface area (Å²) >= 11 is 3.36. The molecule has 0 bridgehead atoms. The molecule has 2 N–H and O–H groups in total. The number of hydrogen-bond acceptors (Lipinski definition) is 4. The van der Waals surface area contributed by atoms with Gasteiger partial charge in [-0.2, -0.15) is 0 Å². The molecule has 6 nitrogen and oxygen atoms in total. The maximum absolute atomic E-state index is 12.4. The molecule has 0 aliphatic carbocycles. The van der Waals surface area contributed by atoms with Crippen molar-refractivity contribution in [1.82, 2.24) is 15.5 Å². The third kappa shape index (κ3) is 2.75. The van der Waals surface area contributed by atoms with Crippen molar-refractivity contribution in [2.45, 2.75) is 12.0 Å². The Bertz CT molecular complexity index is 572. The minimum Gasteiger partial charge on any atom is -0.492 e. The maximum Gasteiger partial charge on any atom is 0.325 e. The van der Waals surface area contributed by atoms with E-state index in [9.17, 15) is 9.59 Å². The first kappa shape index (κ1) is 14.3. The van der Waals surface area contributed by atoms with Gasteiger partial charge in [-0.1, -0.05) is 22.0 Å². The van der Waals surface area contributed by atoms with Crippen LogP contribution in [0.2, 0.25) is 0 Å². The van der Waals surface area contributed by atoms with Gasteiger partial charge in [0.05, 0.1) is 6.54 Å². The number of imide groups is 1. The lowest BCUT2D eigenvalue weighted by molar-refractivity contribution is -0.130. The Hall–Kier alpha value is -1.60. The summed E-state index contributed by atoms with van der Waals surface area (Å²) in [6.45, 7) is 1.77. The van der Waals surface area contributed by atoms with Crippen molar-refractivity contribution in [3.63, 3.8) is 0 Å². The van der Waals surface area contributed by atoms with Crippen molar-refractivity contribution in [3.05, 3.63) is 28.7 Å². The van der Waals surface area contributed by atoms with Crippen molar-refractivity contribution in [1.29, 1.82) is 0 Å². The third-order valence-electron chi connectivity index (χ3n) is 3.78. The average Bonchev–Trinajstić information content (AvgIpc) is 3.00. The van der Waals surface area contributed by atoms with Crippen LogP contribution in [-0.2, 0) is 4.79 Å². The Morgan fingerprint density at radius 3 is 2.95 bits per heavy atom. The van der Waals surface area contributed by atoms with Gasteiger partial charge in [-0.15, -0.1) is 0 Å². The molecule has 112 valence electrons. The van der Waals surface area contributed by atoms with E-state index in [1.807, 2.05) is 24.3 Å². The molecule has 3 amide bonds. The fourth-order valence-corrected chi connectivity index (χ4v) is 3.05. The van der Waals surface area contributed by atoms with Crippen LogP contribution in [0.1, 0.15) is 6.42 Å². The minimum absolute atomic E-state index is 0.157. The summed E-state index contributed by atoms with van der Waals surface area (Å²) in [5, 5.41) is 5.91. The van der Waals surface area contributed by atoms with E-state index in [1.54, 1.807) is 0 Å². The van der Waals surface area contributed by atoms with Crippen LogP contribution in [0.15, 0.2) is 28.7 Å². The fraction of sp³-hybridized carbons (Fsp3) is 0.429. The van der Waals surface area contributed by atoms with Gasteiger partial charge in [0.2, 0.25) is 0 Å². The topological polar surface area (TPSA) is 70.7 Å². The highest BCUT2D eigenvalue weighted by molar-refractivity contribution is 9.10. The second-order valence-electron chi connectivity index (χ2n) is 5.20. The molecule has 0 saturated carbocycles. The Labute approximate surface area is 131 Å². The molecule has 1 spiro atoms. The molecule has 3 rings (SSSR count). The predicted molar refractivity (Wildman–Crippen MR) is 80.1 cm³/mol. The summed E-state index contributed by atoms with van der Waals surface area (Å²) in [7, 11) is 0. The maximum atomic E-state index is 12.4. The number of nitrogens with zero attached hydrogens (tertiary/aromatic N) is 1. The van der Waals surface area contributed by atoms with Gasteiger partial charge >= 0.3 is 6.03 Å². The number of carbonyl (C=O) groups excluding carboxylic acids is 2. The summed E-state index contributed by atoms with van der Waals surface area (Å²) < 4.78 is 6.50. The third-order valence-corrected chi connectivity index (χ3v) is 4.27. The molecule has 1 aromatic rings. The molecular weight excluding hydrogens is 338 g/mol. The van der Waals surface area contributed by atoms with Crippen LogP contribution in [0.25, 0.3) is 0 Å². The molecule has 2 heterocycles. The molecule has 0 radical (unpaired) electrons. The number of carbonyl (C=O) groups is 2. The number of benzene rings is 1. The molecule has 1 atom stereocenters. The number of amides is 3. The van der Waals surface area contributed by atoms with Crippen molar-refractivity contribution in [2.24, 2.45) is 0 Å². The number of urea groups is 1. The van der Waals surface area contributed by atoms with E-state index in [1.165, 1.54) is 4.90 Å². The quantitative estimate of drug-likeness (QED) is 0.795. The number of rotatable bonds is 4. The van der Waals surface area contributed by atoms with Crippen molar-refractivity contribution < 1.29 is 14.3 Å². The standard InChI is InChI=1S/C14H16BrN3O3/c15-10-2-1-3-11(8-10)21-7-6-18-12(19)14(17-13(18)20)4-5-16-9-14/h1-3,8,16H,4-7,9H2,(H,17,20). The van der Waals surface area contributed by atoms with E-state index < -0.39 is 5.54 Å². The second kappa shape index (κ2) is 5.65.